The molecular formula is C25H19Cl2N3O6S. The van der Waals surface area contributed by atoms with E-state index in [0.717, 1.165) is 0 Å². The molecule has 0 aliphatic carbocycles. The summed E-state index contributed by atoms with van der Waals surface area (Å²) in [5, 5.41) is 22.7. The highest BCUT2D eigenvalue weighted by molar-refractivity contribution is 7.86. The van der Waals surface area contributed by atoms with Crippen LogP contribution in [0.3, 0.4) is 0 Å². The van der Waals surface area contributed by atoms with Gasteiger partial charge in [0.15, 0.2) is 5.75 Å². The van der Waals surface area contributed by atoms with Crippen LogP contribution in [0, 0.1) is 6.92 Å². The minimum absolute atomic E-state index is 0.0966. The lowest BCUT2D eigenvalue weighted by Gasteiger charge is -2.13. The van der Waals surface area contributed by atoms with Crippen molar-refractivity contribution in [1.29, 1.82) is 0 Å². The Hall–Kier alpha value is -3.70. The molecule has 0 heterocycles. The van der Waals surface area contributed by atoms with Gasteiger partial charge in [-0.2, -0.15) is 8.42 Å². The van der Waals surface area contributed by atoms with Crippen LogP contribution in [0.2, 0.25) is 10.0 Å². The number of phenols is 1. The van der Waals surface area contributed by atoms with E-state index in [0.29, 0.717) is 22.1 Å². The topological polar surface area (TPSA) is 138 Å². The number of hydrogen-bond acceptors (Lipinski definition) is 7. The van der Waals surface area contributed by atoms with Gasteiger partial charge in [0.2, 0.25) is 0 Å². The third-order valence-corrected chi connectivity index (χ3v) is 7.21. The number of nitrogens with one attached hydrogen (secondary N) is 1. The Morgan fingerprint density at radius 3 is 2.41 bits per heavy atom. The van der Waals surface area contributed by atoms with Gasteiger partial charge >= 0.3 is 0 Å². The van der Waals surface area contributed by atoms with E-state index in [9.17, 15) is 22.9 Å². The van der Waals surface area contributed by atoms with Crippen LogP contribution in [0.4, 0.5) is 17.1 Å². The highest BCUT2D eigenvalue weighted by atomic mass is 35.5. The normalized spacial score (nSPS) is 11.7. The number of azo groups is 1. The van der Waals surface area contributed by atoms with Crippen LogP contribution in [0.5, 0.6) is 11.5 Å². The maximum absolute atomic E-state index is 13.2. The van der Waals surface area contributed by atoms with Gasteiger partial charge in [-0.05, 0) is 42.1 Å². The molecule has 4 rings (SSSR count). The van der Waals surface area contributed by atoms with Crippen LogP contribution in [0.25, 0.3) is 10.8 Å². The summed E-state index contributed by atoms with van der Waals surface area (Å²) in [5.41, 5.74) is 0.168. The molecule has 0 unspecified atom stereocenters. The average molecular weight is 560 g/mol. The molecule has 4 aromatic carbocycles. The minimum Gasteiger partial charge on any atom is -0.505 e. The third kappa shape index (κ3) is 5.23. The summed E-state index contributed by atoms with van der Waals surface area (Å²) >= 11 is 12.3. The van der Waals surface area contributed by atoms with Crippen LogP contribution < -0.4 is 10.1 Å². The van der Waals surface area contributed by atoms with E-state index in [4.69, 9.17) is 27.9 Å². The molecule has 4 aromatic rings. The first-order valence-corrected chi connectivity index (χ1v) is 12.8. The zero-order valence-corrected chi connectivity index (χ0v) is 21.7. The number of carbonyl (C=O) groups excluding carboxylic acids is 1. The first kappa shape index (κ1) is 26.4. The maximum atomic E-state index is 13.2. The van der Waals surface area contributed by atoms with E-state index >= 15 is 0 Å². The molecule has 0 saturated heterocycles. The van der Waals surface area contributed by atoms with Crippen molar-refractivity contribution in [2.75, 3.05) is 12.4 Å². The Labute approximate surface area is 222 Å². The Morgan fingerprint density at radius 2 is 1.70 bits per heavy atom. The summed E-state index contributed by atoms with van der Waals surface area (Å²) < 4.78 is 38.8. The lowest BCUT2D eigenvalue weighted by atomic mass is 10.0. The number of amides is 1. The number of aryl methyl sites for hydroxylation is 1. The molecule has 0 radical (unpaired) electrons. The fraction of sp³-hybridized carbons (Fsp3) is 0.0800. The van der Waals surface area contributed by atoms with Crippen molar-refractivity contribution >= 4 is 67.1 Å². The summed E-state index contributed by atoms with van der Waals surface area (Å²) in [7, 11) is -3.31. The fourth-order valence-electron chi connectivity index (χ4n) is 3.66. The Balaban J connectivity index is 1.86. The zero-order valence-electron chi connectivity index (χ0n) is 19.4. The van der Waals surface area contributed by atoms with Gasteiger partial charge in [0, 0.05) is 5.39 Å². The van der Waals surface area contributed by atoms with Crippen molar-refractivity contribution in [2.24, 2.45) is 10.2 Å². The second-order valence-corrected chi connectivity index (χ2v) is 9.98. The van der Waals surface area contributed by atoms with Crippen molar-refractivity contribution in [2.45, 2.75) is 11.8 Å². The van der Waals surface area contributed by atoms with E-state index in [1.54, 1.807) is 49.4 Å². The number of ether oxygens (including phenoxy) is 1. The molecule has 1 amide bonds. The highest BCUT2D eigenvalue weighted by Gasteiger charge is 2.23. The van der Waals surface area contributed by atoms with Crippen molar-refractivity contribution in [3.05, 3.63) is 81.8 Å². The molecule has 0 saturated carbocycles. The summed E-state index contributed by atoms with van der Waals surface area (Å²) in [6, 6.07) is 15.9. The van der Waals surface area contributed by atoms with Gasteiger partial charge in [-0.25, -0.2) is 0 Å². The Bertz CT molecular complexity index is 1690. The smallest absolute Gasteiger partial charge is 0.298 e. The van der Waals surface area contributed by atoms with Crippen molar-refractivity contribution < 1.29 is 27.6 Å². The molecule has 12 heteroatoms. The van der Waals surface area contributed by atoms with Crippen LogP contribution in [-0.2, 0) is 10.1 Å². The van der Waals surface area contributed by atoms with Crippen molar-refractivity contribution in [3.8, 4) is 11.5 Å². The zero-order chi connectivity index (χ0) is 26.9. The van der Waals surface area contributed by atoms with E-state index in [1.165, 1.54) is 25.3 Å². The second kappa shape index (κ2) is 10.3. The molecule has 3 N–H and O–H groups in total. The van der Waals surface area contributed by atoms with Crippen LogP contribution in [-0.4, -0.2) is 31.1 Å². The summed E-state index contributed by atoms with van der Waals surface area (Å²) in [6.45, 7) is 1.55. The Morgan fingerprint density at radius 1 is 1.00 bits per heavy atom. The van der Waals surface area contributed by atoms with Crippen LogP contribution in [0.15, 0.2) is 75.8 Å². The number of phenolic OH excluding ortho intramolecular Hbond substituents is 1. The number of methoxy groups -OCH3 is 1. The van der Waals surface area contributed by atoms with Gasteiger partial charge in [0.1, 0.15) is 27.0 Å². The number of rotatable bonds is 6. The SMILES string of the molecule is COc1cccc(NC(=O)c2cc3ccccc3c(N=Nc3c(C)ccc(Cl)c3S(=O)(=O)O)c2O)c1Cl. The molecule has 9 nitrogen and oxygen atoms in total. The molecule has 0 spiro atoms. The minimum atomic E-state index is -4.74. The van der Waals surface area contributed by atoms with Gasteiger partial charge in [0.05, 0.1) is 23.4 Å². The lowest BCUT2D eigenvalue weighted by Crippen LogP contribution is -2.12. The van der Waals surface area contributed by atoms with Gasteiger partial charge in [-0.15, -0.1) is 10.2 Å². The average Bonchev–Trinajstić information content (AvgIpc) is 2.85. The van der Waals surface area contributed by atoms with Crippen LogP contribution >= 0.6 is 23.2 Å². The molecule has 37 heavy (non-hydrogen) atoms. The second-order valence-electron chi connectivity index (χ2n) is 7.84. The van der Waals surface area contributed by atoms with Gasteiger partial charge in [-0.1, -0.05) is 59.6 Å². The number of halogens is 2. The molecule has 0 aromatic heterocycles. The number of benzene rings is 4. The number of anilines is 1. The predicted octanol–water partition coefficient (Wildman–Crippen LogP) is 7.08. The van der Waals surface area contributed by atoms with Crippen molar-refractivity contribution in [3.63, 3.8) is 0 Å². The van der Waals surface area contributed by atoms with Crippen molar-refractivity contribution in [1.82, 2.24) is 0 Å². The standard InChI is InChI=1S/C25H19Cl2N3O6S/c1-13-10-11-17(26)24(37(33,34)35)21(13)29-30-22-15-7-4-3-6-14(15)12-16(23(22)31)25(32)28-18-8-5-9-19(36-2)20(18)27/h3-12,31H,1-2H3,(H,28,32)(H,33,34,35). The summed E-state index contributed by atoms with van der Waals surface area (Å²) in [5.74, 6) is -0.845. The predicted molar refractivity (Wildman–Crippen MR) is 142 cm³/mol. The van der Waals surface area contributed by atoms with E-state index in [1.807, 2.05) is 0 Å². The third-order valence-electron chi connectivity index (χ3n) is 5.46. The highest BCUT2D eigenvalue weighted by Crippen LogP contribution is 2.42. The summed E-state index contributed by atoms with van der Waals surface area (Å²) in [4.78, 5) is 12.5. The first-order valence-electron chi connectivity index (χ1n) is 10.6. The molecule has 0 atom stereocenters. The van der Waals surface area contributed by atoms with Crippen LogP contribution in [0.1, 0.15) is 15.9 Å². The van der Waals surface area contributed by atoms with E-state index < -0.39 is 26.7 Å². The summed E-state index contributed by atoms with van der Waals surface area (Å²) in [6.07, 6.45) is 0. The van der Waals surface area contributed by atoms with Gasteiger partial charge in [-0.3, -0.25) is 9.35 Å². The van der Waals surface area contributed by atoms with E-state index in [-0.39, 0.29) is 32.7 Å². The molecule has 0 fully saturated rings. The largest absolute Gasteiger partial charge is 0.505 e. The lowest BCUT2D eigenvalue weighted by molar-refractivity contribution is 0.102. The molecule has 0 aliphatic rings. The number of fused-ring (bicyclic) bond motifs is 1. The van der Waals surface area contributed by atoms with Gasteiger partial charge in [0.25, 0.3) is 16.0 Å². The number of carbonyl (C=O) groups is 1. The number of aromatic hydroxyl groups is 1. The molecule has 0 aliphatic heterocycles. The Kier molecular flexibility index (Phi) is 7.37. The van der Waals surface area contributed by atoms with Gasteiger partial charge < -0.3 is 15.2 Å². The quantitative estimate of drug-likeness (QED) is 0.170. The first-order chi connectivity index (χ1) is 17.5. The number of hydrogen-bond donors (Lipinski definition) is 3. The monoisotopic (exact) mass is 559 g/mol. The van der Waals surface area contributed by atoms with E-state index in [2.05, 4.69) is 15.5 Å². The fourth-order valence-corrected chi connectivity index (χ4v) is 5.12. The molecule has 190 valence electrons. The maximum Gasteiger partial charge on any atom is 0.298 e. The molecular weight excluding hydrogens is 541 g/mol. The molecule has 0 bridgehead atoms. The number of nitrogens with zero attached hydrogens (tertiary/aromatic N) is 2.